The summed E-state index contributed by atoms with van der Waals surface area (Å²) >= 11 is 0. The first kappa shape index (κ1) is 23.0. The molecular weight excluding hydrogens is 466 g/mol. The number of nitrogens with zero attached hydrogens (tertiary/aromatic N) is 3. The second-order valence-corrected chi connectivity index (χ2v) is 10.9. The first-order valence-electron chi connectivity index (χ1n) is 11.6. The van der Waals surface area contributed by atoms with Crippen LogP contribution in [0.25, 0.3) is 16.7 Å². The molecule has 0 saturated heterocycles. The molecule has 35 heavy (non-hydrogen) atoms. The van der Waals surface area contributed by atoms with Crippen molar-refractivity contribution < 1.29 is 23.4 Å². The number of rotatable bonds is 6. The number of hydrogen-bond donors (Lipinski definition) is 2. The highest BCUT2D eigenvalue weighted by atomic mass is 32.2. The molecule has 0 unspecified atom stereocenters. The summed E-state index contributed by atoms with van der Waals surface area (Å²) in [6, 6.07) is 16.0. The van der Waals surface area contributed by atoms with E-state index in [1.807, 2.05) is 0 Å². The monoisotopic (exact) mass is 491 g/mol. The molecule has 2 N–H and O–H groups in total. The SMILES string of the molecule is O=C(O)Cc1cc(C2CCCCC2)c(O)c(-n2nc3ccc(S(=O)(=O)c4ccccc4)cc3n2)c1. The largest absolute Gasteiger partial charge is 0.505 e. The van der Waals surface area contributed by atoms with E-state index in [0.717, 1.165) is 32.1 Å². The van der Waals surface area contributed by atoms with Crippen molar-refractivity contribution in [2.45, 2.75) is 54.2 Å². The number of carbonyl (C=O) groups is 1. The van der Waals surface area contributed by atoms with Crippen LogP contribution in [-0.2, 0) is 21.1 Å². The standard InChI is InChI=1S/C26H25N3O5S/c30-25(31)15-17-13-21(18-7-3-1-4-8-18)26(32)24(14-17)29-27-22-12-11-20(16-23(22)28-29)35(33,34)19-9-5-2-6-10-19/h2,5-6,9-14,16,18,32H,1,3-4,7-8,15H2,(H,30,31). The first-order chi connectivity index (χ1) is 16.8. The average Bonchev–Trinajstić information content (AvgIpc) is 3.29. The van der Waals surface area contributed by atoms with Gasteiger partial charge < -0.3 is 10.2 Å². The molecule has 0 amide bonds. The molecule has 180 valence electrons. The van der Waals surface area contributed by atoms with Gasteiger partial charge in [-0.25, -0.2) is 8.42 Å². The number of benzene rings is 3. The average molecular weight is 492 g/mol. The lowest BCUT2D eigenvalue weighted by Gasteiger charge is -2.24. The lowest BCUT2D eigenvalue weighted by Crippen LogP contribution is -2.10. The third-order valence-corrected chi connectivity index (χ3v) is 8.28. The summed E-state index contributed by atoms with van der Waals surface area (Å²) in [5, 5.41) is 29.4. The summed E-state index contributed by atoms with van der Waals surface area (Å²) in [6.07, 6.45) is 4.94. The van der Waals surface area contributed by atoms with Crippen LogP contribution >= 0.6 is 0 Å². The zero-order valence-corrected chi connectivity index (χ0v) is 19.8. The van der Waals surface area contributed by atoms with Crippen LogP contribution in [0.2, 0.25) is 0 Å². The van der Waals surface area contributed by atoms with Gasteiger partial charge in [0.15, 0.2) is 0 Å². The third kappa shape index (κ3) is 4.51. The predicted molar refractivity (Wildman–Crippen MR) is 130 cm³/mol. The second-order valence-electron chi connectivity index (χ2n) is 8.91. The van der Waals surface area contributed by atoms with Crippen molar-refractivity contribution in [2.24, 2.45) is 0 Å². The van der Waals surface area contributed by atoms with E-state index in [2.05, 4.69) is 10.2 Å². The summed E-state index contributed by atoms with van der Waals surface area (Å²) in [5.41, 5.74) is 2.36. The van der Waals surface area contributed by atoms with Gasteiger partial charge in [0.25, 0.3) is 0 Å². The summed E-state index contributed by atoms with van der Waals surface area (Å²) in [5.74, 6) is -0.794. The number of phenols is 1. The van der Waals surface area contributed by atoms with Crippen LogP contribution in [0.1, 0.15) is 49.1 Å². The topological polar surface area (TPSA) is 122 Å². The second kappa shape index (κ2) is 9.14. The van der Waals surface area contributed by atoms with Crippen LogP contribution in [0.15, 0.2) is 70.5 Å². The van der Waals surface area contributed by atoms with Crippen molar-refractivity contribution in [3.05, 3.63) is 71.8 Å². The van der Waals surface area contributed by atoms with Crippen molar-refractivity contribution in [1.29, 1.82) is 0 Å². The Morgan fingerprint density at radius 3 is 2.34 bits per heavy atom. The number of carboxylic acid groups (broad SMARTS) is 1. The van der Waals surface area contributed by atoms with Crippen molar-refractivity contribution in [2.75, 3.05) is 0 Å². The van der Waals surface area contributed by atoms with E-state index in [4.69, 9.17) is 0 Å². The number of fused-ring (bicyclic) bond motifs is 1. The van der Waals surface area contributed by atoms with Crippen LogP contribution in [0, 0.1) is 0 Å². The number of aromatic hydroxyl groups is 1. The Morgan fingerprint density at radius 2 is 1.63 bits per heavy atom. The molecule has 8 nitrogen and oxygen atoms in total. The van der Waals surface area contributed by atoms with Gasteiger partial charge in [-0.3, -0.25) is 4.79 Å². The summed E-state index contributed by atoms with van der Waals surface area (Å²) in [7, 11) is -3.73. The van der Waals surface area contributed by atoms with Crippen molar-refractivity contribution >= 4 is 26.8 Å². The van der Waals surface area contributed by atoms with Crippen LogP contribution in [-0.4, -0.2) is 39.6 Å². The fourth-order valence-corrected chi connectivity index (χ4v) is 6.06. The van der Waals surface area contributed by atoms with Gasteiger partial charge >= 0.3 is 5.97 Å². The summed E-state index contributed by atoms with van der Waals surface area (Å²) in [6.45, 7) is 0. The smallest absolute Gasteiger partial charge is 0.307 e. The molecule has 0 aliphatic heterocycles. The molecule has 0 spiro atoms. The maximum absolute atomic E-state index is 13.0. The molecule has 1 aliphatic carbocycles. The highest BCUT2D eigenvalue weighted by Gasteiger charge is 2.24. The lowest BCUT2D eigenvalue weighted by molar-refractivity contribution is -0.136. The van der Waals surface area contributed by atoms with Gasteiger partial charge in [-0.05, 0) is 66.3 Å². The maximum Gasteiger partial charge on any atom is 0.307 e. The van der Waals surface area contributed by atoms with Crippen LogP contribution in [0.5, 0.6) is 5.75 Å². The minimum atomic E-state index is -3.73. The van der Waals surface area contributed by atoms with Gasteiger partial charge in [0, 0.05) is 0 Å². The Morgan fingerprint density at radius 1 is 0.914 bits per heavy atom. The Labute approximate surface area is 202 Å². The van der Waals surface area contributed by atoms with E-state index in [0.29, 0.717) is 22.2 Å². The molecule has 1 saturated carbocycles. The quantitative estimate of drug-likeness (QED) is 0.403. The number of carboxylic acids is 1. The van der Waals surface area contributed by atoms with Crippen LogP contribution in [0.4, 0.5) is 0 Å². The molecule has 4 aromatic rings. The molecule has 1 aromatic heterocycles. The van der Waals surface area contributed by atoms with E-state index < -0.39 is 15.8 Å². The number of sulfone groups is 1. The molecular formula is C26H25N3O5S. The highest BCUT2D eigenvalue weighted by molar-refractivity contribution is 7.91. The molecule has 3 aromatic carbocycles. The van der Waals surface area contributed by atoms with E-state index in [-0.39, 0.29) is 33.6 Å². The minimum Gasteiger partial charge on any atom is -0.505 e. The normalized spacial score (nSPS) is 14.9. The third-order valence-electron chi connectivity index (χ3n) is 6.51. The van der Waals surface area contributed by atoms with Crippen LogP contribution in [0.3, 0.4) is 0 Å². The lowest BCUT2D eigenvalue weighted by atomic mass is 9.82. The van der Waals surface area contributed by atoms with Crippen LogP contribution < -0.4 is 0 Å². The first-order valence-corrected chi connectivity index (χ1v) is 13.1. The Bertz CT molecular complexity index is 1510. The molecule has 1 aliphatic rings. The molecule has 1 fully saturated rings. The van der Waals surface area contributed by atoms with E-state index >= 15 is 0 Å². The predicted octanol–water partition coefficient (Wildman–Crippen LogP) is 4.63. The molecule has 9 heteroatoms. The van der Waals surface area contributed by atoms with E-state index in [9.17, 15) is 23.4 Å². The van der Waals surface area contributed by atoms with Gasteiger partial charge in [0.1, 0.15) is 22.5 Å². The summed E-state index contributed by atoms with van der Waals surface area (Å²) < 4.78 is 26.0. The van der Waals surface area contributed by atoms with Gasteiger partial charge in [-0.2, -0.15) is 0 Å². The Balaban J connectivity index is 1.59. The van der Waals surface area contributed by atoms with Gasteiger partial charge in [0.05, 0.1) is 16.2 Å². The molecule has 0 atom stereocenters. The summed E-state index contributed by atoms with van der Waals surface area (Å²) in [4.78, 5) is 13.0. The number of hydrogen-bond acceptors (Lipinski definition) is 6. The molecule has 0 radical (unpaired) electrons. The van der Waals surface area contributed by atoms with Gasteiger partial charge in [-0.1, -0.05) is 43.5 Å². The Hall–Kier alpha value is -3.72. The number of phenolic OH excluding ortho intramolecular Hbond substituents is 1. The zero-order valence-electron chi connectivity index (χ0n) is 19.0. The van der Waals surface area contributed by atoms with Gasteiger partial charge in [-0.15, -0.1) is 15.0 Å². The number of aliphatic carboxylic acids is 1. The fourth-order valence-electron chi connectivity index (χ4n) is 4.76. The highest BCUT2D eigenvalue weighted by Crippen LogP contribution is 2.40. The van der Waals surface area contributed by atoms with Crippen molar-refractivity contribution in [3.63, 3.8) is 0 Å². The Kier molecular flexibility index (Phi) is 6.02. The van der Waals surface area contributed by atoms with Gasteiger partial charge in [0.2, 0.25) is 9.84 Å². The molecule has 5 rings (SSSR count). The van der Waals surface area contributed by atoms with E-state index in [1.165, 1.54) is 29.1 Å². The van der Waals surface area contributed by atoms with E-state index in [1.54, 1.807) is 36.4 Å². The van der Waals surface area contributed by atoms with Crippen molar-refractivity contribution in [3.8, 4) is 11.4 Å². The number of aromatic nitrogens is 3. The zero-order chi connectivity index (χ0) is 24.6. The molecule has 0 bridgehead atoms. The maximum atomic E-state index is 13.0. The van der Waals surface area contributed by atoms with Crippen molar-refractivity contribution in [1.82, 2.24) is 15.0 Å². The molecule has 1 heterocycles. The minimum absolute atomic E-state index is 0.0310. The fraction of sp³-hybridized carbons (Fsp3) is 0.269.